The van der Waals surface area contributed by atoms with Gasteiger partial charge in [-0.3, -0.25) is 4.98 Å². The van der Waals surface area contributed by atoms with Crippen molar-refractivity contribution < 1.29 is 9.90 Å². The van der Waals surface area contributed by atoms with Gasteiger partial charge >= 0.3 is 5.97 Å². The number of pyridine rings is 1. The van der Waals surface area contributed by atoms with Gasteiger partial charge in [-0.25, -0.2) is 4.79 Å². The average Bonchev–Trinajstić information content (AvgIpc) is 2.15. The molecule has 0 unspecified atom stereocenters. The Labute approximate surface area is 75.9 Å². The predicted octanol–water partition coefficient (Wildman–Crippen LogP) is 1.38. The number of nitrogens with zero attached hydrogens (tertiary/aromatic N) is 1. The number of carbonyl (C=O) groups is 1. The Morgan fingerprint density at radius 2 is 2.54 bits per heavy atom. The smallest absolute Gasteiger partial charge is 0.337 e. The van der Waals surface area contributed by atoms with Gasteiger partial charge in [0.25, 0.3) is 0 Å². The SMILES string of the molecule is C=CCNc1cnccc1C(=O)O. The van der Waals surface area contributed by atoms with Crippen molar-refractivity contribution >= 4 is 11.7 Å². The van der Waals surface area contributed by atoms with Gasteiger partial charge in [0.05, 0.1) is 17.4 Å². The second-order valence-corrected chi connectivity index (χ2v) is 2.40. The zero-order valence-electron chi connectivity index (χ0n) is 7.03. The summed E-state index contributed by atoms with van der Waals surface area (Å²) in [6.45, 7) is 4.04. The van der Waals surface area contributed by atoms with Gasteiger partial charge < -0.3 is 10.4 Å². The first-order valence-corrected chi connectivity index (χ1v) is 3.77. The van der Waals surface area contributed by atoms with Crippen molar-refractivity contribution in [2.24, 2.45) is 0 Å². The van der Waals surface area contributed by atoms with Crippen LogP contribution >= 0.6 is 0 Å². The highest BCUT2D eigenvalue weighted by Crippen LogP contribution is 2.12. The lowest BCUT2D eigenvalue weighted by molar-refractivity contribution is 0.0698. The third-order valence-electron chi connectivity index (χ3n) is 1.49. The van der Waals surface area contributed by atoms with Crippen molar-refractivity contribution in [3.63, 3.8) is 0 Å². The number of hydrogen-bond acceptors (Lipinski definition) is 3. The maximum atomic E-state index is 10.7. The van der Waals surface area contributed by atoms with Crippen molar-refractivity contribution in [3.8, 4) is 0 Å². The molecule has 0 amide bonds. The van der Waals surface area contributed by atoms with Crippen LogP contribution in [0.1, 0.15) is 10.4 Å². The van der Waals surface area contributed by atoms with Crippen LogP contribution in [0.4, 0.5) is 5.69 Å². The van der Waals surface area contributed by atoms with Crippen LogP contribution in [0, 0.1) is 0 Å². The molecule has 0 bridgehead atoms. The lowest BCUT2D eigenvalue weighted by Crippen LogP contribution is -2.06. The third-order valence-corrected chi connectivity index (χ3v) is 1.49. The van der Waals surface area contributed by atoms with E-state index in [1.165, 1.54) is 18.5 Å². The van der Waals surface area contributed by atoms with Gasteiger partial charge in [0.1, 0.15) is 0 Å². The molecule has 4 heteroatoms. The molecule has 0 aromatic carbocycles. The van der Waals surface area contributed by atoms with E-state index in [1.807, 2.05) is 0 Å². The molecule has 1 aromatic heterocycles. The molecular weight excluding hydrogens is 168 g/mol. The normalized spacial score (nSPS) is 9.23. The average molecular weight is 178 g/mol. The number of aromatic nitrogens is 1. The van der Waals surface area contributed by atoms with Crippen LogP contribution in [-0.2, 0) is 0 Å². The Kier molecular flexibility index (Phi) is 3.03. The summed E-state index contributed by atoms with van der Waals surface area (Å²) in [6.07, 6.45) is 4.58. The maximum Gasteiger partial charge on any atom is 0.337 e. The molecule has 1 rings (SSSR count). The first-order chi connectivity index (χ1) is 6.25. The molecule has 0 fully saturated rings. The number of carboxylic acids is 1. The Balaban J connectivity index is 2.90. The largest absolute Gasteiger partial charge is 0.478 e. The minimum absolute atomic E-state index is 0.219. The van der Waals surface area contributed by atoms with Gasteiger partial charge in [0.2, 0.25) is 0 Å². The second-order valence-electron chi connectivity index (χ2n) is 2.40. The predicted molar refractivity (Wildman–Crippen MR) is 49.9 cm³/mol. The number of aromatic carboxylic acids is 1. The zero-order valence-corrected chi connectivity index (χ0v) is 7.03. The molecule has 0 spiro atoms. The summed E-state index contributed by atoms with van der Waals surface area (Å²) in [5.41, 5.74) is 0.728. The van der Waals surface area contributed by atoms with E-state index in [1.54, 1.807) is 6.08 Å². The third kappa shape index (κ3) is 2.30. The number of anilines is 1. The van der Waals surface area contributed by atoms with E-state index in [0.717, 1.165) is 0 Å². The Morgan fingerprint density at radius 3 is 3.15 bits per heavy atom. The minimum Gasteiger partial charge on any atom is -0.478 e. The molecule has 0 saturated heterocycles. The van der Waals surface area contributed by atoms with E-state index in [9.17, 15) is 4.79 Å². The molecule has 13 heavy (non-hydrogen) atoms. The molecule has 0 aliphatic rings. The van der Waals surface area contributed by atoms with Gasteiger partial charge in [0.15, 0.2) is 0 Å². The number of hydrogen-bond donors (Lipinski definition) is 2. The van der Waals surface area contributed by atoms with Gasteiger partial charge in [-0.05, 0) is 6.07 Å². The summed E-state index contributed by atoms with van der Waals surface area (Å²) in [5.74, 6) is -0.964. The lowest BCUT2D eigenvalue weighted by Gasteiger charge is -2.05. The number of rotatable bonds is 4. The van der Waals surface area contributed by atoms with Gasteiger partial charge in [-0.1, -0.05) is 6.08 Å². The van der Waals surface area contributed by atoms with E-state index in [-0.39, 0.29) is 5.56 Å². The van der Waals surface area contributed by atoms with Crippen LogP contribution < -0.4 is 5.32 Å². The highest BCUT2D eigenvalue weighted by molar-refractivity contribution is 5.93. The molecule has 1 heterocycles. The first kappa shape index (κ1) is 9.25. The summed E-state index contributed by atoms with van der Waals surface area (Å²) >= 11 is 0. The fourth-order valence-corrected chi connectivity index (χ4v) is 0.904. The molecule has 2 N–H and O–H groups in total. The molecule has 0 aliphatic heterocycles. The van der Waals surface area contributed by atoms with E-state index in [0.29, 0.717) is 12.2 Å². The van der Waals surface area contributed by atoms with Crippen LogP contribution in [-0.4, -0.2) is 22.6 Å². The Bertz CT molecular complexity index is 323. The molecule has 1 aromatic rings. The van der Waals surface area contributed by atoms with Gasteiger partial charge in [0, 0.05) is 12.7 Å². The first-order valence-electron chi connectivity index (χ1n) is 3.77. The molecule has 68 valence electrons. The monoisotopic (exact) mass is 178 g/mol. The molecule has 0 saturated carbocycles. The van der Waals surface area contributed by atoms with Crippen LogP contribution in [0.25, 0.3) is 0 Å². The quantitative estimate of drug-likeness (QED) is 0.683. The molecule has 0 atom stereocenters. The summed E-state index contributed by atoms with van der Waals surface area (Å²) in [6, 6.07) is 1.45. The molecule has 4 nitrogen and oxygen atoms in total. The zero-order chi connectivity index (χ0) is 9.68. The summed E-state index contributed by atoms with van der Waals surface area (Å²) in [5, 5.41) is 11.7. The van der Waals surface area contributed by atoms with E-state index < -0.39 is 5.97 Å². The van der Waals surface area contributed by atoms with E-state index in [2.05, 4.69) is 16.9 Å². The Hall–Kier alpha value is -1.84. The highest BCUT2D eigenvalue weighted by Gasteiger charge is 2.07. The van der Waals surface area contributed by atoms with Crippen LogP contribution in [0.3, 0.4) is 0 Å². The summed E-state index contributed by atoms with van der Waals surface area (Å²) in [4.78, 5) is 14.5. The van der Waals surface area contributed by atoms with Gasteiger partial charge in [-0.2, -0.15) is 0 Å². The van der Waals surface area contributed by atoms with Gasteiger partial charge in [-0.15, -0.1) is 6.58 Å². The topological polar surface area (TPSA) is 62.2 Å². The number of carboxylic acid groups (broad SMARTS) is 1. The van der Waals surface area contributed by atoms with Crippen LogP contribution in [0.2, 0.25) is 0 Å². The molecular formula is C9H10N2O2. The minimum atomic E-state index is -0.964. The molecule has 0 radical (unpaired) electrons. The van der Waals surface area contributed by atoms with Crippen molar-refractivity contribution in [2.45, 2.75) is 0 Å². The van der Waals surface area contributed by atoms with E-state index >= 15 is 0 Å². The maximum absolute atomic E-state index is 10.7. The second kappa shape index (κ2) is 4.25. The summed E-state index contributed by atoms with van der Waals surface area (Å²) in [7, 11) is 0. The fraction of sp³-hybridized carbons (Fsp3) is 0.111. The lowest BCUT2D eigenvalue weighted by atomic mass is 10.2. The fourth-order valence-electron chi connectivity index (χ4n) is 0.904. The summed E-state index contributed by atoms with van der Waals surface area (Å²) < 4.78 is 0. The van der Waals surface area contributed by atoms with E-state index in [4.69, 9.17) is 5.11 Å². The van der Waals surface area contributed by atoms with Crippen LogP contribution in [0.15, 0.2) is 31.1 Å². The van der Waals surface area contributed by atoms with Crippen molar-refractivity contribution in [1.29, 1.82) is 0 Å². The van der Waals surface area contributed by atoms with Crippen molar-refractivity contribution in [3.05, 3.63) is 36.7 Å². The van der Waals surface area contributed by atoms with Crippen molar-refractivity contribution in [2.75, 3.05) is 11.9 Å². The van der Waals surface area contributed by atoms with Crippen molar-refractivity contribution in [1.82, 2.24) is 4.98 Å². The number of nitrogens with one attached hydrogen (secondary N) is 1. The molecule has 0 aliphatic carbocycles. The standard InChI is InChI=1S/C9H10N2O2/c1-2-4-11-8-6-10-5-3-7(8)9(12)13/h2-3,5-6,11H,1,4H2,(H,12,13). The van der Waals surface area contributed by atoms with Crippen LogP contribution in [0.5, 0.6) is 0 Å². The highest BCUT2D eigenvalue weighted by atomic mass is 16.4. The Morgan fingerprint density at radius 1 is 1.77 bits per heavy atom.